The molecule has 3 rings (SSSR count). The van der Waals surface area contributed by atoms with Crippen molar-refractivity contribution in [3.8, 4) is 0 Å². The Kier molecular flexibility index (Phi) is 2.48. The predicted molar refractivity (Wildman–Crippen MR) is 72.5 cm³/mol. The standard InChI is InChI=1S/C14H14N4/c15-14(16)11-6-7-13-17-12(9-18(13)8-11)10-4-2-1-3-5-10/h1-8,12H,9H2,(H3,15,16). The molecule has 0 saturated carbocycles. The molecule has 4 nitrogen and oxygen atoms in total. The first-order chi connectivity index (χ1) is 8.74. The number of hydrogen-bond acceptors (Lipinski definition) is 3. The zero-order valence-electron chi connectivity index (χ0n) is 9.88. The van der Waals surface area contributed by atoms with E-state index in [-0.39, 0.29) is 11.9 Å². The van der Waals surface area contributed by atoms with E-state index in [0.717, 1.165) is 18.0 Å². The fourth-order valence-corrected chi connectivity index (χ4v) is 2.20. The molecule has 2 aliphatic heterocycles. The van der Waals surface area contributed by atoms with Crippen LogP contribution in [-0.2, 0) is 0 Å². The van der Waals surface area contributed by atoms with Gasteiger partial charge >= 0.3 is 0 Å². The van der Waals surface area contributed by atoms with Gasteiger partial charge in [-0.2, -0.15) is 0 Å². The molecule has 0 radical (unpaired) electrons. The minimum Gasteiger partial charge on any atom is -0.384 e. The highest BCUT2D eigenvalue weighted by Crippen LogP contribution is 2.27. The molecule has 2 aliphatic rings. The molecule has 1 atom stereocenters. The van der Waals surface area contributed by atoms with Crippen molar-refractivity contribution < 1.29 is 0 Å². The van der Waals surface area contributed by atoms with Gasteiger partial charge in [-0.1, -0.05) is 30.3 Å². The highest BCUT2D eigenvalue weighted by atomic mass is 15.2. The molecule has 4 heteroatoms. The van der Waals surface area contributed by atoms with E-state index in [1.165, 1.54) is 5.56 Å². The van der Waals surface area contributed by atoms with E-state index >= 15 is 0 Å². The van der Waals surface area contributed by atoms with Crippen molar-refractivity contribution in [2.45, 2.75) is 6.04 Å². The Balaban J connectivity index is 1.86. The summed E-state index contributed by atoms with van der Waals surface area (Å²) in [6.07, 6.45) is 5.65. The van der Waals surface area contributed by atoms with Gasteiger partial charge in [-0.25, -0.2) is 0 Å². The summed E-state index contributed by atoms with van der Waals surface area (Å²) in [6, 6.07) is 10.4. The Morgan fingerprint density at radius 2 is 2.06 bits per heavy atom. The number of benzene rings is 1. The van der Waals surface area contributed by atoms with Crippen LogP contribution in [-0.4, -0.2) is 23.1 Å². The minimum absolute atomic E-state index is 0.0912. The molecule has 1 aromatic rings. The first kappa shape index (κ1) is 10.8. The van der Waals surface area contributed by atoms with E-state index in [1.54, 1.807) is 0 Å². The minimum atomic E-state index is 0.0912. The Morgan fingerprint density at radius 3 is 2.78 bits per heavy atom. The molecule has 0 aliphatic carbocycles. The summed E-state index contributed by atoms with van der Waals surface area (Å²) in [5, 5.41) is 7.45. The van der Waals surface area contributed by atoms with Crippen molar-refractivity contribution in [2.24, 2.45) is 10.7 Å². The van der Waals surface area contributed by atoms with Crippen molar-refractivity contribution in [1.29, 1.82) is 5.41 Å². The Hall–Kier alpha value is -2.36. The number of rotatable bonds is 2. The van der Waals surface area contributed by atoms with Crippen molar-refractivity contribution in [1.82, 2.24) is 4.90 Å². The third-order valence-electron chi connectivity index (χ3n) is 3.15. The Labute approximate surface area is 106 Å². The maximum absolute atomic E-state index is 7.45. The second kappa shape index (κ2) is 4.14. The number of aliphatic imine (C=N–C) groups is 1. The number of amidine groups is 2. The van der Waals surface area contributed by atoms with Crippen LogP contribution in [0.15, 0.2) is 59.2 Å². The van der Waals surface area contributed by atoms with Crippen LogP contribution < -0.4 is 5.73 Å². The zero-order valence-corrected chi connectivity index (χ0v) is 9.88. The van der Waals surface area contributed by atoms with Gasteiger partial charge in [0, 0.05) is 11.8 Å². The molecule has 2 heterocycles. The Morgan fingerprint density at radius 1 is 1.28 bits per heavy atom. The van der Waals surface area contributed by atoms with Crippen LogP contribution in [0.3, 0.4) is 0 Å². The predicted octanol–water partition coefficient (Wildman–Crippen LogP) is 1.83. The summed E-state index contributed by atoms with van der Waals surface area (Å²) in [5.74, 6) is 1.03. The molecule has 3 N–H and O–H groups in total. The number of fused-ring (bicyclic) bond motifs is 1. The van der Waals surface area contributed by atoms with E-state index in [4.69, 9.17) is 11.1 Å². The third kappa shape index (κ3) is 1.82. The first-order valence-electron chi connectivity index (χ1n) is 5.88. The lowest BCUT2D eigenvalue weighted by molar-refractivity contribution is 0.548. The van der Waals surface area contributed by atoms with E-state index in [2.05, 4.69) is 22.0 Å². The summed E-state index contributed by atoms with van der Waals surface area (Å²) in [5.41, 5.74) is 7.45. The fraction of sp³-hybridized carbons (Fsp3) is 0.143. The third-order valence-corrected chi connectivity index (χ3v) is 3.15. The van der Waals surface area contributed by atoms with Gasteiger partial charge < -0.3 is 10.6 Å². The van der Waals surface area contributed by atoms with Crippen LogP contribution in [0.2, 0.25) is 0 Å². The van der Waals surface area contributed by atoms with Gasteiger partial charge in [-0.3, -0.25) is 10.4 Å². The van der Waals surface area contributed by atoms with E-state index in [1.807, 2.05) is 36.6 Å². The maximum Gasteiger partial charge on any atom is 0.128 e. The molecular formula is C14H14N4. The van der Waals surface area contributed by atoms with E-state index in [0.29, 0.717) is 0 Å². The van der Waals surface area contributed by atoms with E-state index in [9.17, 15) is 0 Å². The normalized spacial score (nSPS) is 21.3. The van der Waals surface area contributed by atoms with Crippen LogP contribution in [0.1, 0.15) is 11.6 Å². The summed E-state index contributed by atoms with van der Waals surface area (Å²) < 4.78 is 0. The molecular weight excluding hydrogens is 224 g/mol. The smallest absolute Gasteiger partial charge is 0.128 e. The molecule has 0 fully saturated rings. The van der Waals surface area contributed by atoms with Crippen molar-refractivity contribution in [3.05, 3.63) is 59.8 Å². The average molecular weight is 238 g/mol. The monoisotopic (exact) mass is 238 g/mol. The average Bonchev–Trinajstić information content (AvgIpc) is 2.82. The molecule has 0 spiro atoms. The van der Waals surface area contributed by atoms with Crippen LogP contribution >= 0.6 is 0 Å². The SMILES string of the molecule is N=C(N)C1=CN2CC(c3ccccc3)N=C2C=C1. The van der Waals surface area contributed by atoms with Gasteiger partial charge in [0.2, 0.25) is 0 Å². The highest BCUT2D eigenvalue weighted by molar-refractivity contribution is 6.04. The van der Waals surface area contributed by atoms with Gasteiger partial charge in [-0.05, 0) is 17.7 Å². The molecule has 90 valence electrons. The van der Waals surface area contributed by atoms with Crippen LogP contribution in [0, 0.1) is 5.41 Å². The van der Waals surface area contributed by atoms with Crippen molar-refractivity contribution in [2.75, 3.05) is 6.54 Å². The van der Waals surface area contributed by atoms with Gasteiger partial charge in [0.05, 0.1) is 12.6 Å². The molecule has 0 saturated heterocycles. The lowest BCUT2D eigenvalue weighted by Crippen LogP contribution is -2.26. The number of nitrogens with one attached hydrogen (secondary N) is 1. The number of nitrogens with two attached hydrogens (primary N) is 1. The summed E-state index contributed by atoms with van der Waals surface area (Å²) in [6.45, 7) is 0.806. The number of nitrogens with zero attached hydrogens (tertiary/aromatic N) is 2. The molecule has 1 unspecified atom stereocenters. The molecule has 0 amide bonds. The highest BCUT2D eigenvalue weighted by Gasteiger charge is 2.25. The lowest BCUT2D eigenvalue weighted by Gasteiger charge is -2.19. The Bertz CT molecular complexity index is 569. The lowest BCUT2D eigenvalue weighted by atomic mass is 10.1. The summed E-state index contributed by atoms with van der Waals surface area (Å²) >= 11 is 0. The second-order valence-electron chi connectivity index (χ2n) is 4.40. The molecule has 0 aromatic heterocycles. The zero-order chi connectivity index (χ0) is 12.5. The largest absolute Gasteiger partial charge is 0.384 e. The van der Waals surface area contributed by atoms with Gasteiger partial charge in [0.25, 0.3) is 0 Å². The summed E-state index contributed by atoms with van der Waals surface area (Å²) in [7, 11) is 0. The quantitative estimate of drug-likeness (QED) is 0.610. The van der Waals surface area contributed by atoms with Gasteiger partial charge in [0.15, 0.2) is 0 Å². The van der Waals surface area contributed by atoms with Crippen LogP contribution in [0.4, 0.5) is 0 Å². The fourth-order valence-electron chi connectivity index (χ4n) is 2.20. The molecule has 18 heavy (non-hydrogen) atoms. The number of hydrogen-bond donors (Lipinski definition) is 2. The topological polar surface area (TPSA) is 65.5 Å². The van der Waals surface area contributed by atoms with Crippen LogP contribution in [0.5, 0.6) is 0 Å². The van der Waals surface area contributed by atoms with Gasteiger partial charge in [-0.15, -0.1) is 0 Å². The maximum atomic E-state index is 7.45. The molecule has 0 bridgehead atoms. The van der Waals surface area contributed by atoms with Crippen molar-refractivity contribution in [3.63, 3.8) is 0 Å². The summed E-state index contributed by atoms with van der Waals surface area (Å²) in [4.78, 5) is 6.72. The second-order valence-corrected chi connectivity index (χ2v) is 4.40. The van der Waals surface area contributed by atoms with Gasteiger partial charge in [0.1, 0.15) is 11.7 Å². The first-order valence-corrected chi connectivity index (χ1v) is 5.88. The van der Waals surface area contributed by atoms with Crippen LogP contribution in [0.25, 0.3) is 0 Å². The van der Waals surface area contributed by atoms with E-state index < -0.39 is 0 Å². The molecule has 1 aromatic carbocycles. The van der Waals surface area contributed by atoms with Crippen molar-refractivity contribution >= 4 is 11.7 Å².